The molecule has 190 valence electrons. The fraction of sp³-hybridized carbons (Fsp3) is 0.308. The van der Waals surface area contributed by atoms with Gasteiger partial charge in [0.05, 0.1) is 18.8 Å². The van der Waals surface area contributed by atoms with Crippen LogP contribution in [0, 0.1) is 0 Å². The minimum absolute atomic E-state index is 0.0235. The second-order valence-corrected chi connectivity index (χ2v) is 12.1. The second-order valence-electron chi connectivity index (χ2n) is 8.55. The van der Waals surface area contributed by atoms with Crippen LogP contribution in [-0.4, -0.2) is 55.8 Å². The van der Waals surface area contributed by atoms with Gasteiger partial charge in [-0.1, -0.05) is 18.2 Å². The summed E-state index contributed by atoms with van der Waals surface area (Å²) >= 11 is 1.30. The molecular formula is C26H28N2O6S2. The van der Waals surface area contributed by atoms with Gasteiger partial charge in [-0.3, -0.25) is 14.8 Å². The van der Waals surface area contributed by atoms with Crippen LogP contribution in [0.2, 0.25) is 0 Å². The van der Waals surface area contributed by atoms with Gasteiger partial charge in [0.25, 0.3) is 5.91 Å². The Bertz CT molecular complexity index is 1320. The highest BCUT2D eigenvalue weighted by atomic mass is 32.2. The van der Waals surface area contributed by atoms with Gasteiger partial charge in [-0.05, 0) is 67.4 Å². The Morgan fingerprint density at radius 3 is 2.44 bits per heavy atom. The number of hydroxylamine groups is 1. The molecule has 2 N–H and O–H groups in total. The van der Waals surface area contributed by atoms with E-state index in [0.29, 0.717) is 17.0 Å². The summed E-state index contributed by atoms with van der Waals surface area (Å²) in [7, 11) is -3.89. The molecule has 8 nitrogen and oxygen atoms in total. The molecule has 36 heavy (non-hydrogen) atoms. The van der Waals surface area contributed by atoms with Crippen LogP contribution in [0.1, 0.15) is 35.0 Å². The summed E-state index contributed by atoms with van der Waals surface area (Å²) in [6.07, 6.45) is -0.410. The van der Waals surface area contributed by atoms with Crippen molar-refractivity contribution in [3.8, 4) is 16.2 Å². The van der Waals surface area contributed by atoms with Crippen LogP contribution in [0.15, 0.2) is 66.7 Å². The average Bonchev–Trinajstić information content (AvgIpc) is 3.34. The van der Waals surface area contributed by atoms with E-state index in [2.05, 4.69) is 0 Å². The maximum atomic E-state index is 13.7. The standard InChI is InChI=1S/C26H28N2O6S2/c1-2-34-21-10-8-19(9-11-21)22-12-13-23(35-22)26(18-24(29)27-31)14-15-28(16-17-36(26,32)33)25(30)20-6-4-3-5-7-20/h3-13,31H,2,14-18H2,1H3,(H,27,29). The van der Waals surface area contributed by atoms with Crippen molar-refractivity contribution in [2.75, 3.05) is 25.4 Å². The van der Waals surface area contributed by atoms with E-state index >= 15 is 0 Å². The summed E-state index contributed by atoms with van der Waals surface area (Å²) in [5, 5.41) is 9.24. The van der Waals surface area contributed by atoms with E-state index in [1.165, 1.54) is 16.2 Å². The molecule has 1 aliphatic heterocycles. The first-order chi connectivity index (χ1) is 17.3. The van der Waals surface area contributed by atoms with E-state index in [-0.39, 0.29) is 31.2 Å². The fourth-order valence-corrected chi connectivity index (χ4v) is 8.06. The molecule has 0 radical (unpaired) electrons. The van der Waals surface area contributed by atoms with Crippen molar-refractivity contribution < 1.29 is 28.0 Å². The van der Waals surface area contributed by atoms with Gasteiger partial charge >= 0.3 is 0 Å². The largest absolute Gasteiger partial charge is 0.494 e. The van der Waals surface area contributed by atoms with Crippen molar-refractivity contribution in [1.82, 2.24) is 10.4 Å². The molecule has 1 atom stereocenters. The minimum Gasteiger partial charge on any atom is -0.494 e. The van der Waals surface area contributed by atoms with Gasteiger partial charge < -0.3 is 9.64 Å². The van der Waals surface area contributed by atoms with Gasteiger partial charge in [0.1, 0.15) is 10.5 Å². The molecule has 1 saturated heterocycles. The molecule has 2 amide bonds. The van der Waals surface area contributed by atoms with Crippen LogP contribution in [0.4, 0.5) is 0 Å². The number of hydrogen-bond donors (Lipinski definition) is 2. The van der Waals surface area contributed by atoms with Crippen molar-refractivity contribution >= 4 is 33.0 Å². The van der Waals surface area contributed by atoms with Crippen LogP contribution >= 0.6 is 11.3 Å². The molecule has 2 aromatic carbocycles. The summed E-state index contributed by atoms with van der Waals surface area (Å²) in [6, 6.07) is 19.8. The molecule has 2 heterocycles. The Kier molecular flexibility index (Phi) is 7.77. The highest BCUT2D eigenvalue weighted by molar-refractivity contribution is 7.92. The molecule has 1 aromatic heterocycles. The van der Waals surface area contributed by atoms with Crippen LogP contribution in [0.3, 0.4) is 0 Å². The van der Waals surface area contributed by atoms with Crippen molar-refractivity contribution in [2.24, 2.45) is 0 Å². The summed E-state index contributed by atoms with van der Waals surface area (Å²) in [6.45, 7) is 2.64. The first-order valence-electron chi connectivity index (χ1n) is 11.6. The van der Waals surface area contributed by atoms with Crippen LogP contribution in [0.5, 0.6) is 5.75 Å². The number of amides is 2. The fourth-order valence-electron chi connectivity index (χ4n) is 4.46. The number of nitrogens with zero attached hydrogens (tertiary/aromatic N) is 1. The van der Waals surface area contributed by atoms with Gasteiger partial charge in [-0.25, -0.2) is 13.9 Å². The van der Waals surface area contributed by atoms with Crippen molar-refractivity contribution in [1.29, 1.82) is 0 Å². The third kappa shape index (κ3) is 5.16. The lowest BCUT2D eigenvalue weighted by Gasteiger charge is -2.30. The minimum atomic E-state index is -3.89. The second kappa shape index (κ2) is 10.8. The lowest BCUT2D eigenvalue weighted by atomic mass is 9.97. The Labute approximate surface area is 214 Å². The van der Waals surface area contributed by atoms with Gasteiger partial charge in [-0.15, -0.1) is 11.3 Å². The molecule has 10 heteroatoms. The SMILES string of the molecule is CCOc1ccc(-c2ccc(C3(CC(=O)NO)CCN(C(=O)c4ccccc4)CCS3(=O)=O)s2)cc1. The first kappa shape index (κ1) is 25.9. The van der Waals surface area contributed by atoms with E-state index in [1.54, 1.807) is 41.9 Å². The smallest absolute Gasteiger partial charge is 0.253 e. The van der Waals surface area contributed by atoms with E-state index in [1.807, 2.05) is 37.3 Å². The molecule has 0 aliphatic carbocycles. The van der Waals surface area contributed by atoms with Crippen molar-refractivity contribution in [2.45, 2.75) is 24.5 Å². The highest BCUT2D eigenvalue weighted by Gasteiger charge is 2.49. The zero-order valence-electron chi connectivity index (χ0n) is 19.8. The number of carbonyl (C=O) groups is 2. The maximum Gasteiger partial charge on any atom is 0.253 e. The predicted octanol–water partition coefficient (Wildman–Crippen LogP) is 3.87. The highest BCUT2D eigenvalue weighted by Crippen LogP contribution is 2.45. The lowest BCUT2D eigenvalue weighted by molar-refractivity contribution is -0.129. The zero-order valence-corrected chi connectivity index (χ0v) is 21.5. The van der Waals surface area contributed by atoms with Gasteiger partial charge in [0.15, 0.2) is 9.84 Å². The molecule has 1 unspecified atom stereocenters. The van der Waals surface area contributed by atoms with E-state index in [4.69, 9.17) is 4.74 Å². The summed E-state index contributed by atoms with van der Waals surface area (Å²) in [5.74, 6) is -0.601. The number of thiophene rings is 1. The number of benzene rings is 2. The molecule has 3 aromatic rings. The molecule has 0 spiro atoms. The molecule has 0 saturated carbocycles. The van der Waals surface area contributed by atoms with Gasteiger partial charge in [-0.2, -0.15) is 0 Å². The van der Waals surface area contributed by atoms with Crippen molar-refractivity contribution in [3.63, 3.8) is 0 Å². The predicted molar refractivity (Wildman–Crippen MR) is 138 cm³/mol. The Morgan fingerprint density at radius 1 is 1.06 bits per heavy atom. The summed E-state index contributed by atoms with van der Waals surface area (Å²) in [5.41, 5.74) is 2.96. The van der Waals surface area contributed by atoms with E-state index in [9.17, 15) is 23.2 Å². The van der Waals surface area contributed by atoms with Crippen LogP contribution < -0.4 is 10.2 Å². The van der Waals surface area contributed by atoms with E-state index in [0.717, 1.165) is 16.2 Å². The summed E-state index contributed by atoms with van der Waals surface area (Å²) in [4.78, 5) is 28.3. The number of carbonyl (C=O) groups excluding carboxylic acids is 2. The van der Waals surface area contributed by atoms with Gasteiger partial charge in [0.2, 0.25) is 5.91 Å². The molecule has 1 aliphatic rings. The number of nitrogens with one attached hydrogen (secondary N) is 1. The normalized spacial score (nSPS) is 19.3. The maximum absolute atomic E-state index is 13.7. The van der Waals surface area contributed by atoms with E-state index < -0.39 is 26.9 Å². The monoisotopic (exact) mass is 528 g/mol. The topological polar surface area (TPSA) is 113 Å². The molecular weight excluding hydrogens is 500 g/mol. The number of rotatable bonds is 7. The summed E-state index contributed by atoms with van der Waals surface area (Å²) < 4.78 is 31.4. The molecule has 0 bridgehead atoms. The average molecular weight is 529 g/mol. The van der Waals surface area contributed by atoms with Crippen molar-refractivity contribution in [3.05, 3.63) is 77.2 Å². The van der Waals surface area contributed by atoms with Crippen LogP contribution in [0.25, 0.3) is 10.4 Å². The lowest BCUT2D eigenvalue weighted by Crippen LogP contribution is -2.41. The zero-order chi connectivity index (χ0) is 25.8. The molecule has 4 rings (SSSR count). The number of sulfone groups is 1. The third-order valence-corrected chi connectivity index (χ3v) is 10.3. The van der Waals surface area contributed by atoms with Crippen LogP contribution in [-0.2, 0) is 19.4 Å². The van der Waals surface area contributed by atoms with Gasteiger partial charge in [0, 0.05) is 28.4 Å². The Balaban J connectivity index is 1.69. The first-order valence-corrected chi connectivity index (χ1v) is 14.1. The molecule has 1 fully saturated rings. The third-order valence-electron chi connectivity index (χ3n) is 6.39. The Hall–Kier alpha value is -3.21. The Morgan fingerprint density at radius 2 is 1.78 bits per heavy atom. The quantitative estimate of drug-likeness (QED) is 0.356. The number of ether oxygens (including phenoxy) is 1. The number of hydrogen-bond acceptors (Lipinski definition) is 7.